The number of rotatable bonds is 1. The van der Waals surface area contributed by atoms with Gasteiger partial charge in [-0.25, -0.2) is 0 Å². The van der Waals surface area contributed by atoms with E-state index in [0.717, 1.165) is 0 Å². The van der Waals surface area contributed by atoms with Gasteiger partial charge in [-0.3, -0.25) is 0 Å². The molecular formula is CH7N5NaO4+. The molecule has 10 heteroatoms. The van der Waals surface area contributed by atoms with E-state index in [9.17, 15) is 4.91 Å². The molecule has 1 rings (SSSR count). The molecular weight excluding hydrogens is 169 g/mol. The molecule has 0 spiro atoms. The molecule has 0 aliphatic carbocycles. The van der Waals surface area contributed by atoms with Gasteiger partial charge in [0.05, 0.1) is 10.3 Å². The van der Waals surface area contributed by atoms with Gasteiger partial charge in [0.1, 0.15) is 0 Å². The van der Waals surface area contributed by atoms with Gasteiger partial charge >= 0.3 is 35.5 Å². The second-order valence-electron chi connectivity index (χ2n) is 0.998. The molecule has 0 fully saturated rings. The summed E-state index contributed by atoms with van der Waals surface area (Å²) in [5.41, 5.74) is 0. The predicted molar refractivity (Wildman–Crippen MR) is 33.6 cm³/mol. The fraction of sp³-hybridized carbons (Fsp3) is 0. The van der Waals surface area contributed by atoms with Crippen molar-refractivity contribution in [3.05, 3.63) is 4.91 Å². The van der Waals surface area contributed by atoms with E-state index in [1.807, 2.05) is 5.10 Å². The van der Waals surface area contributed by atoms with E-state index in [1.165, 1.54) is 0 Å². The first-order valence-corrected chi connectivity index (χ1v) is 1.70. The quantitative estimate of drug-likeness (QED) is 0.338. The van der Waals surface area contributed by atoms with Crippen LogP contribution in [0.25, 0.3) is 0 Å². The third-order valence-electron chi connectivity index (χ3n) is 0.515. The molecule has 60 valence electrons. The Balaban J connectivity index is -0.000000213. The van der Waals surface area contributed by atoms with Gasteiger partial charge in [-0.1, -0.05) is 4.91 Å². The minimum atomic E-state index is -0.458. The molecule has 0 radical (unpaired) electrons. The Hall–Kier alpha value is -0.610. The van der Waals surface area contributed by atoms with Gasteiger partial charge in [0, 0.05) is 5.21 Å². The average Bonchev–Trinajstić information content (AvgIpc) is 2.12. The van der Waals surface area contributed by atoms with Crippen LogP contribution >= 0.6 is 0 Å². The van der Waals surface area contributed by atoms with Gasteiger partial charge in [0.25, 0.3) is 0 Å². The van der Waals surface area contributed by atoms with Crippen molar-refractivity contribution >= 4 is 35.5 Å². The van der Waals surface area contributed by atoms with Crippen molar-refractivity contribution in [1.29, 1.82) is 0 Å². The number of hydrogen-bond donors (Lipinski definition) is 2. The summed E-state index contributed by atoms with van der Waals surface area (Å²) < 4.78 is 0. The molecule has 0 amide bonds. The molecule has 1 heterocycles. The van der Waals surface area contributed by atoms with Gasteiger partial charge in [-0.2, -0.15) is 0 Å². The van der Waals surface area contributed by atoms with Crippen LogP contribution in [-0.2, 0) is 0 Å². The van der Waals surface area contributed by atoms with Crippen molar-refractivity contribution < 1.29 is 21.1 Å². The van der Waals surface area contributed by atoms with Crippen molar-refractivity contribution in [2.24, 2.45) is 0 Å². The first-order valence-electron chi connectivity index (χ1n) is 1.70. The minimum absolute atomic E-state index is 0. The van der Waals surface area contributed by atoms with E-state index < -0.39 is 4.92 Å². The third kappa shape index (κ3) is 4.75. The van der Waals surface area contributed by atoms with Crippen molar-refractivity contribution in [3.8, 4) is 0 Å². The summed E-state index contributed by atoms with van der Waals surface area (Å²) >= 11 is 0. The van der Waals surface area contributed by atoms with Crippen LogP contribution in [0.1, 0.15) is 0 Å². The van der Waals surface area contributed by atoms with Crippen LogP contribution in [-0.4, -0.2) is 71.3 Å². The first kappa shape index (κ1) is 16.8. The summed E-state index contributed by atoms with van der Waals surface area (Å²) in [5.74, 6) is -0.329. The second-order valence-corrected chi connectivity index (χ2v) is 0.998. The monoisotopic (exact) mass is 176 g/mol. The summed E-state index contributed by atoms with van der Waals surface area (Å²) in [7, 11) is 0. The van der Waals surface area contributed by atoms with E-state index >= 15 is 0 Å². The summed E-state index contributed by atoms with van der Waals surface area (Å²) in [5, 5.41) is 19.1. The van der Waals surface area contributed by atoms with Gasteiger partial charge in [-0.05, 0) is 0 Å². The Morgan fingerprint density at radius 3 is 2.18 bits per heavy atom. The molecule has 11 heavy (non-hydrogen) atoms. The van der Waals surface area contributed by atoms with E-state index in [-0.39, 0.29) is 46.5 Å². The van der Waals surface area contributed by atoms with Crippen LogP contribution in [0.5, 0.6) is 0 Å². The van der Waals surface area contributed by atoms with Crippen molar-refractivity contribution in [1.82, 2.24) is 20.6 Å². The number of nitrogens with one attached hydrogen (secondary N) is 1. The zero-order valence-corrected chi connectivity index (χ0v) is 4.64. The average molecular weight is 176 g/mol. The Bertz CT molecular complexity index is 186. The van der Waals surface area contributed by atoms with E-state index in [0.29, 0.717) is 0 Å². The van der Waals surface area contributed by atoms with Crippen molar-refractivity contribution in [3.63, 3.8) is 0 Å². The topological polar surface area (TPSA) is 158 Å². The Kier molecular flexibility index (Phi) is 11.4. The van der Waals surface area contributed by atoms with E-state index in [2.05, 4.69) is 15.5 Å². The summed E-state index contributed by atoms with van der Waals surface area (Å²) in [6.07, 6.45) is 0. The Labute approximate surface area is 82.2 Å². The normalized spacial score (nSPS) is 6.55. The molecule has 0 saturated heterocycles. The molecule has 1 aromatic rings. The third-order valence-corrected chi connectivity index (χ3v) is 0.515. The zero-order chi connectivity index (χ0) is 5.98. The molecule has 9 nitrogen and oxygen atoms in total. The van der Waals surface area contributed by atoms with Crippen LogP contribution in [0.3, 0.4) is 0 Å². The maximum atomic E-state index is 9.80. The van der Waals surface area contributed by atoms with Gasteiger partial charge < -0.3 is 16.2 Å². The summed E-state index contributed by atoms with van der Waals surface area (Å²) in [6, 6.07) is 0. The van der Waals surface area contributed by atoms with Crippen LogP contribution in [0, 0.1) is 4.91 Å². The maximum absolute atomic E-state index is 9.80. The SMILES string of the molecule is O.O.O=[N+](O)c1nnn[nH]1.[NaH]. The predicted octanol–water partition coefficient (Wildman–Crippen LogP) is -3.30. The summed E-state index contributed by atoms with van der Waals surface area (Å²) in [4.78, 5) is 9.35. The molecule has 0 atom stereocenters. The molecule has 0 aliphatic rings. The number of aromatic amines is 1. The molecule has 0 unspecified atom stereocenters. The van der Waals surface area contributed by atoms with Crippen LogP contribution in [0.2, 0.25) is 0 Å². The fourth-order valence-corrected chi connectivity index (χ4v) is 0.235. The van der Waals surface area contributed by atoms with Gasteiger partial charge in [0.2, 0.25) is 0 Å². The van der Waals surface area contributed by atoms with E-state index in [1.54, 1.807) is 0 Å². The second kappa shape index (κ2) is 7.50. The number of nitrogens with zero attached hydrogens (tertiary/aromatic N) is 4. The van der Waals surface area contributed by atoms with Gasteiger partial charge in [0.15, 0.2) is 4.92 Å². The molecule has 6 N–H and O–H groups in total. The molecule has 0 aromatic carbocycles. The number of aromatic nitrogens is 4. The van der Waals surface area contributed by atoms with Crippen molar-refractivity contribution in [2.45, 2.75) is 0 Å². The fourth-order valence-electron chi connectivity index (χ4n) is 0.235. The zero-order valence-electron chi connectivity index (χ0n) is 4.64. The molecule has 1 aromatic heterocycles. The summed E-state index contributed by atoms with van der Waals surface area (Å²) in [6.45, 7) is 0. The number of tetrazole rings is 1. The molecule has 0 bridgehead atoms. The molecule has 0 aliphatic heterocycles. The van der Waals surface area contributed by atoms with E-state index in [4.69, 9.17) is 5.21 Å². The first-order chi connectivity index (χ1) is 3.80. The van der Waals surface area contributed by atoms with Crippen LogP contribution in [0.15, 0.2) is 0 Å². The van der Waals surface area contributed by atoms with Crippen LogP contribution in [0.4, 0.5) is 5.95 Å². The molecule has 0 saturated carbocycles. The van der Waals surface area contributed by atoms with Crippen molar-refractivity contribution in [2.75, 3.05) is 0 Å². The van der Waals surface area contributed by atoms with Crippen LogP contribution < -0.4 is 0 Å². The Morgan fingerprint density at radius 1 is 1.45 bits per heavy atom. The number of hydrogen-bond acceptors (Lipinski definition) is 4. The van der Waals surface area contributed by atoms with Gasteiger partial charge in [-0.15, -0.1) is 5.10 Å². The standard InChI is InChI=1S/CH2N5O2.Na.2H2O.H/c7-6(8)1-2-4-5-3-1;;;;/h(H,7,8)(H,2,3,4,5);;2*1H2;/q+1;;;;. The number of H-pyrrole nitrogens is 1. The Morgan fingerprint density at radius 2 is 2.00 bits per heavy atom.